The predicted octanol–water partition coefficient (Wildman–Crippen LogP) is 0.931. The van der Waals surface area contributed by atoms with Crippen LogP contribution in [0.1, 0.15) is 32.6 Å². The van der Waals surface area contributed by atoms with Gasteiger partial charge in [-0.05, 0) is 31.6 Å². The van der Waals surface area contributed by atoms with E-state index in [2.05, 4.69) is 22.1 Å². The Kier molecular flexibility index (Phi) is 6.49. The molecular formula is C16H30N4O2. The molecule has 2 heterocycles. The summed E-state index contributed by atoms with van der Waals surface area (Å²) in [4.78, 5) is 20.2. The smallest absolute Gasteiger partial charge is 0.243 e. The van der Waals surface area contributed by atoms with E-state index in [9.17, 15) is 4.79 Å². The van der Waals surface area contributed by atoms with Crippen molar-refractivity contribution in [1.82, 2.24) is 15.1 Å². The van der Waals surface area contributed by atoms with Gasteiger partial charge in [-0.15, -0.1) is 0 Å². The number of piperidine rings is 1. The van der Waals surface area contributed by atoms with Crippen molar-refractivity contribution in [3.8, 4) is 0 Å². The Hall–Kier alpha value is -1.30. The van der Waals surface area contributed by atoms with Gasteiger partial charge in [-0.3, -0.25) is 4.79 Å². The summed E-state index contributed by atoms with van der Waals surface area (Å²) in [6.45, 7) is 6.13. The second-order valence-electron chi connectivity index (χ2n) is 6.64. The minimum Gasteiger partial charge on any atom is -0.376 e. The van der Waals surface area contributed by atoms with Crippen LogP contribution in [-0.2, 0) is 9.53 Å². The summed E-state index contributed by atoms with van der Waals surface area (Å²) in [5, 5.41) is 3.43. The molecule has 0 spiro atoms. The van der Waals surface area contributed by atoms with Gasteiger partial charge in [0, 0.05) is 40.3 Å². The molecule has 0 saturated carbocycles. The maximum atomic E-state index is 11.8. The monoisotopic (exact) mass is 310 g/mol. The number of aliphatic imine (C=N–C) groups is 1. The third-order valence-electron chi connectivity index (χ3n) is 4.33. The Balaban J connectivity index is 1.95. The average molecular weight is 310 g/mol. The van der Waals surface area contributed by atoms with Crippen molar-refractivity contribution >= 4 is 11.9 Å². The molecule has 0 aromatic rings. The number of amides is 1. The molecule has 0 bridgehead atoms. The number of guanidine groups is 1. The minimum absolute atomic E-state index is 0.0291. The molecule has 2 fully saturated rings. The third-order valence-corrected chi connectivity index (χ3v) is 4.33. The summed E-state index contributed by atoms with van der Waals surface area (Å²) < 4.78 is 5.66. The first-order valence-electron chi connectivity index (χ1n) is 8.41. The normalized spacial score (nSPS) is 26.1. The molecule has 0 aliphatic carbocycles. The molecule has 0 aromatic heterocycles. The topological polar surface area (TPSA) is 57.2 Å². The number of likely N-dealkylation sites (N-methyl/N-ethyl adjacent to an activating group) is 1. The summed E-state index contributed by atoms with van der Waals surface area (Å²) in [5.74, 6) is 1.56. The number of hydrogen-bond acceptors (Lipinski definition) is 3. The van der Waals surface area contributed by atoms with Crippen molar-refractivity contribution in [3.63, 3.8) is 0 Å². The molecule has 2 atom stereocenters. The number of hydrogen-bond donors (Lipinski definition) is 1. The van der Waals surface area contributed by atoms with Gasteiger partial charge in [0.15, 0.2) is 5.96 Å². The Morgan fingerprint density at radius 2 is 2.18 bits per heavy atom. The van der Waals surface area contributed by atoms with E-state index >= 15 is 0 Å². The molecular weight excluding hydrogens is 280 g/mol. The standard InChI is InChI=1S/C16H30N4O2/c1-13-6-4-8-20(12-13)16(18-11-15(21)19(2)3)17-10-14-7-5-9-22-14/h13-14H,4-12H2,1-3H3,(H,17,18)/t13-,14+/m1/s1. The zero-order valence-corrected chi connectivity index (χ0v) is 14.2. The van der Waals surface area contributed by atoms with Crippen LogP contribution in [0.3, 0.4) is 0 Å². The fourth-order valence-electron chi connectivity index (χ4n) is 2.94. The molecule has 126 valence electrons. The first-order chi connectivity index (χ1) is 10.6. The Labute approximate surface area is 133 Å². The number of carbonyl (C=O) groups excluding carboxylic acids is 1. The zero-order chi connectivity index (χ0) is 15.9. The Bertz CT molecular complexity index is 392. The van der Waals surface area contributed by atoms with Gasteiger partial charge in [0.2, 0.25) is 5.91 Å². The van der Waals surface area contributed by atoms with E-state index in [1.54, 1.807) is 19.0 Å². The predicted molar refractivity (Wildman–Crippen MR) is 87.9 cm³/mol. The highest BCUT2D eigenvalue weighted by Gasteiger charge is 2.22. The van der Waals surface area contributed by atoms with Crippen molar-refractivity contribution in [3.05, 3.63) is 0 Å². The van der Waals surface area contributed by atoms with Gasteiger partial charge in [0.05, 0.1) is 6.10 Å². The van der Waals surface area contributed by atoms with Crippen LogP contribution in [-0.4, -0.2) is 74.7 Å². The Morgan fingerprint density at radius 3 is 2.82 bits per heavy atom. The molecule has 22 heavy (non-hydrogen) atoms. The fraction of sp³-hybridized carbons (Fsp3) is 0.875. The quantitative estimate of drug-likeness (QED) is 0.620. The van der Waals surface area contributed by atoms with E-state index in [1.165, 1.54) is 12.8 Å². The fourth-order valence-corrected chi connectivity index (χ4v) is 2.94. The number of rotatable bonds is 4. The highest BCUT2D eigenvalue weighted by Crippen LogP contribution is 2.16. The number of carbonyl (C=O) groups is 1. The van der Waals surface area contributed by atoms with Crippen LogP contribution in [0.4, 0.5) is 0 Å². The summed E-state index contributed by atoms with van der Waals surface area (Å²) in [5.41, 5.74) is 0. The lowest BCUT2D eigenvalue weighted by Gasteiger charge is -2.34. The SMILES string of the molecule is C[C@@H]1CCCN(C(=NCC(=O)N(C)C)NC[C@@H]2CCCO2)C1. The second kappa shape index (κ2) is 8.36. The van der Waals surface area contributed by atoms with Crippen LogP contribution in [0.15, 0.2) is 4.99 Å². The molecule has 2 saturated heterocycles. The van der Waals surface area contributed by atoms with E-state index in [0.29, 0.717) is 5.92 Å². The van der Waals surface area contributed by atoms with Crippen LogP contribution < -0.4 is 5.32 Å². The zero-order valence-electron chi connectivity index (χ0n) is 14.2. The largest absolute Gasteiger partial charge is 0.376 e. The van der Waals surface area contributed by atoms with E-state index in [0.717, 1.165) is 45.0 Å². The van der Waals surface area contributed by atoms with E-state index < -0.39 is 0 Å². The highest BCUT2D eigenvalue weighted by molar-refractivity contribution is 5.84. The highest BCUT2D eigenvalue weighted by atomic mass is 16.5. The van der Waals surface area contributed by atoms with Crippen molar-refractivity contribution in [2.24, 2.45) is 10.9 Å². The summed E-state index contributed by atoms with van der Waals surface area (Å²) in [6.07, 6.45) is 4.97. The molecule has 1 amide bonds. The van der Waals surface area contributed by atoms with Crippen LogP contribution in [0.2, 0.25) is 0 Å². The van der Waals surface area contributed by atoms with Gasteiger partial charge in [-0.25, -0.2) is 4.99 Å². The summed E-state index contributed by atoms with van der Waals surface area (Å²) >= 11 is 0. The van der Waals surface area contributed by atoms with Crippen LogP contribution >= 0.6 is 0 Å². The number of likely N-dealkylation sites (tertiary alicyclic amines) is 1. The van der Waals surface area contributed by atoms with Crippen molar-refractivity contribution in [2.45, 2.75) is 38.7 Å². The lowest BCUT2D eigenvalue weighted by molar-refractivity contribution is -0.127. The summed E-state index contributed by atoms with van der Waals surface area (Å²) in [6, 6.07) is 0. The first-order valence-corrected chi connectivity index (χ1v) is 8.41. The maximum absolute atomic E-state index is 11.8. The molecule has 1 N–H and O–H groups in total. The third kappa shape index (κ3) is 5.16. The first kappa shape index (κ1) is 17.1. The number of nitrogens with one attached hydrogen (secondary N) is 1. The Morgan fingerprint density at radius 1 is 1.36 bits per heavy atom. The van der Waals surface area contributed by atoms with E-state index in [1.807, 2.05) is 0 Å². The van der Waals surface area contributed by atoms with E-state index in [-0.39, 0.29) is 18.6 Å². The lowest BCUT2D eigenvalue weighted by Crippen LogP contribution is -2.48. The van der Waals surface area contributed by atoms with Crippen LogP contribution in [0, 0.1) is 5.92 Å². The molecule has 2 aliphatic rings. The van der Waals surface area contributed by atoms with Gasteiger partial charge < -0.3 is 19.9 Å². The number of ether oxygens (including phenoxy) is 1. The minimum atomic E-state index is 0.0291. The van der Waals surface area contributed by atoms with Crippen LogP contribution in [0.5, 0.6) is 0 Å². The lowest BCUT2D eigenvalue weighted by atomic mass is 10.0. The van der Waals surface area contributed by atoms with Gasteiger partial charge in [-0.2, -0.15) is 0 Å². The van der Waals surface area contributed by atoms with Crippen molar-refractivity contribution in [1.29, 1.82) is 0 Å². The van der Waals surface area contributed by atoms with Crippen molar-refractivity contribution < 1.29 is 9.53 Å². The maximum Gasteiger partial charge on any atom is 0.243 e. The average Bonchev–Trinajstić information content (AvgIpc) is 3.00. The number of nitrogens with zero attached hydrogens (tertiary/aromatic N) is 3. The molecule has 2 aliphatic heterocycles. The van der Waals surface area contributed by atoms with Gasteiger partial charge >= 0.3 is 0 Å². The summed E-state index contributed by atoms with van der Waals surface area (Å²) in [7, 11) is 3.53. The van der Waals surface area contributed by atoms with E-state index in [4.69, 9.17) is 4.74 Å². The molecule has 6 nitrogen and oxygen atoms in total. The second-order valence-corrected chi connectivity index (χ2v) is 6.64. The molecule has 0 aromatic carbocycles. The van der Waals surface area contributed by atoms with Crippen molar-refractivity contribution in [2.75, 3.05) is 46.9 Å². The van der Waals surface area contributed by atoms with Gasteiger partial charge in [0.1, 0.15) is 6.54 Å². The van der Waals surface area contributed by atoms with Gasteiger partial charge in [-0.1, -0.05) is 6.92 Å². The van der Waals surface area contributed by atoms with Gasteiger partial charge in [0.25, 0.3) is 0 Å². The molecule has 6 heteroatoms. The molecule has 0 radical (unpaired) electrons. The molecule has 2 rings (SSSR count). The molecule has 0 unspecified atom stereocenters. The van der Waals surface area contributed by atoms with Crippen LogP contribution in [0.25, 0.3) is 0 Å².